The van der Waals surface area contributed by atoms with Crippen LogP contribution in [0.2, 0.25) is 0 Å². The maximum Gasteiger partial charge on any atom is 0.237 e. The number of carbonyl (C=O) groups is 1. The van der Waals surface area contributed by atoms with Crippen LogP contribution in [0.3, 0.4) is 0 Å². The van der Waals surface area contributed by atoms with Gasteiger partial charge in [-0.1, -0.05) is 0 Å². The first-order valence-corrected chi connectivity index (χ1v) is 6.64. The van der Waals surface area contributed by atoms with Crippen LogP contribution < -0.4 is 5.73 Å². The maximum atomic E-state index is 11.4. The second-order valence-corrected chi connectivity index (χ2v) is 5.94. The van der Waals surface area contributed by atoms with Crippen molar-refractivity contribution in [3.05, 3.63) is 0 Å². The van der Waals surface area contributed by atoms with Gasteiger partial charge in [-0.25, -0.2) is 8.42 Å². The van der Waals surface area contributed by atoms with Gasteiger partial charge in [0.15, 0.2) is 9.84 Å². The molecule has 2 N–H and O–H groups in total. The molecule has 0 radical (unpaired) electrons. The zero-order chi connectivity index (χ0) is 10.8. The molecular weight excluding hydrogens is 204 g/mol. The summed E-state index contributed by atoms with van der Waals surface area (Å²) in [5.41, 5.74) is 5.47. The fraction of sp³-hybridized carbons (Fsp3) is 0.875. The van der Waals surface area contributed by atoms with Gasteiger partial charge >= 0.3 is 0 Å². The molecule has 6 heteroatoms. The van der Waals surface area contributed by atoms with Gasteiger partial charge in [0.05, 0.1) is 0 Å². The molecule has 1 atom stereocenters. The molecule has 14 heavy (non-hydrogen) atoms. The molecule has 0 aromatic rings. The average Bonchev–Trinajstić information content (AvgIpc) is 2.48. The molecular formula is C8H16N2O3S. The first kappa shape index (κ1) is 11.5. The number of hydrogen-bond acceptors (Lipinski definition) is 4. The van der Waals surface area contributed by atoms with Gasteiger partial charge in [0.1, 0.15) is 5.75 Å². The van der Waals surface area contributed by atoms with Gasteiger partial charge in [-0.2, -0.15) is 0 Å². The lowest BCUT2D eigenvalue weighted by molar-refractivity contribution is -0.127. The maximum absolute atomic E-state index is 11.4. The van der Waals surface area contributed by atoms with E-state index in [2.05, 4.69) is 0 Å². The van der Waals surface area contributed by atoms with E-state index in [9.17, 15) is 13.2 Å². The second kappa shape index (κ2) is 4.27. The summed E-state index contributed by atoms with van der Waals surface area (Å²) in [6, 6.07) is 0. The smallest absolute Gasteiger partial charge is 0.237 e. The predicted octanol–water partition coefficient (Wildman–Crippen LogP) is -1.16. The Morgan fingerprint density at radius 1 is 1.57 bits per heavy atom. The van der Waals surface area contributed by atoms with Gasteiger partial charge < -0.3 is 10.6 Å². The predicted molar refractivity (Wildman–Crippen MR) is 53.5 cm³/mol. The zero-order valence-corrected chi connectivity index (χ0v) is 9.09. The zero-order valence-electron chi connectivity index (χ0n) is 8.27. The second-order valence-electron chi connectivity index (χ2n) is 3.80. The molecule has 0 aromatic heterocycles. The summed E-state index contributed by atoms with van der Waals surface area (Å²) in [6.07, 6.45) is 1.95. The minimum atomic E-state index is -3.21. The quantitative estimate of drug-likeness (QED) is 0.650. The summed E-state index contributed by atoms with van der Waals surface area (Å²) in [6.45, 7) is 1.80. The van der Waals surface area contributed by atoms with Crippen molar-refractivity contribution >= 4 is 15.7 Å². The molecule has 5 nitrogen and oxygen atoms in total. The van der Waals surface area contributed by atoms with Crippen LogP contribution in [0.4, 0.5) is 0 Å². The molecule has 1 aliphatic rings. The molecule has 82 valence electrons. The van der Waals surface area contributed by atoms with E-state index in [0.717, 1.165) is 12.7 Å². The fourth-order valence-electron chi connectivity index (χ4n) is 1.57. The summed E-state index contributed by atoms with van der Waals surface area (Å²) in [5.74, 6) is -0.355. The van der Waals surface area contributed by atoms with E-state index in [0.29, 0.717) is 25.6 Å². The molecule has 1 aliphatic heterocycles. The molecule has 1 fully saturated rings. The van der Waals surface area contributed by atoms with Crippen LogP contribution in [0, 0.1) is 5.92 Å². The molecule has 0 bridgehead atoms. The van der Waals surface area contributed by atoms with Crippen molar-refractivity contribution in [2.75, 3.05) is 31.6 Å². The lowest BCUT2D eigenvalue weighted by atomic mass is 10.1. The number of likely N-dealkylation sites (tertiary alicyclic amines) is 1. The summed E-state index contributed by atoms with van der Waals surface area (Å²) in [7, 11) is -3.21. The van der Waals surface area contributed by atoms with Crippen molar-refractivity contribution in [1.29, 1.82) is 0 Å². The van der Waals surface area contributed by atoms with E-state index in [1.807, 2.05) is 0 Å². The van der Waals surface area contributed by atoms with Crippen LogP contribution in [0.15, 0.2) is 0 Å². The number of nitrogens with zero attached hydrogens (tertiary/aromatic N) is 1. The van der Waals surface area contributed by atoms with Crippen LogP contribution in [-0.4, -0.2) is 50.9 Å². The van der Waals surface area contributed by atoms with Crippen LogP contribution in [-0.2, 0) is 14.6 Å². The summed E-state index contributed by atoms with van der Waals surface area (Å²) >= 11 is 0. The van der Waals surface area contributed by atoms with E-state index in [4.69, 9.17) is 5.73 Å². The van der Waals surface area contributed by atoms with Crippen LogP contribution in [0.1, 0.15) is 6.42 Å². The SMILES string of the molecule is CS(=O)(=O)CC(=O)N1CCC(CN)C1. The van der Waals surface area contributed by atoms with Crippen molar-refractivity contribution in [2.24, 2.45) is 11.7 Å². The van der Waals surface area contributed by atoms with Crippen molar-refractivity contribution in [3.63, 3.8) is 0 Å². The van der Waals surface area contributed by atoms with E-state index < -0.39 is 9.84 Å². The third-order valence-corrected chi connectivity index (χ3v) is 3.13. The Labute approximate surface area is 84.2 Å². The fourth-order valence-corrected chi connectivity index (χ4v) is 2.20. The van der Waals surface area contributed by atoms with E-state index in [1.54, 1.807) is 4.90 Å². The largest absolute Gasteiger partial charge is 0.341 e. The number of sulfone groups is 1. The molecule has 0 aromatic carbocycles. The third kappa shape index (κ3) is 3.26. The monoisotopic (exact) mass is 220 g/mol. The van der Waals surface area contributed by atoms with Gasteiger partial charge in [0, 0.05) is 19.3 Å². The van der Waals surface area contributed by atoms with E-state index in [-0.39, 0.29) is 11.7 Å². The Hall–Kier alpha value is -0.620. The molecule has 0 spiro atoms. The number of nitrogens with two attached hydrogens (primary N) is 1. The number of carbonyl (C=O) groups excluding carboxylic acids is 1. The first-order valence-electron chi connectivity index (χ1n) is 4.58. The van der Waals surface area contributed by atoms with Crippen molar-refractivity contribution < 1.29 is 13.2 Å². The highest BCUT2D eigenvalue weighted by atomic mass is 32.2. The Balaban J connectivity index is 2.48. The Bertz CT molecular complexity index is 313. The summed E-state index contributed by atoms with van der Waals surface area (Å²) in [4.78, 5) is 13.0. The number of hydrogen-bond donors (Lipinski definition) is 1. The Morgan fingerprint density at radius 2 is 2.21 bits per heavy atom. The molecule has 1 heterocycles. The van der Waals surface area contributed by atoms with E-state index >= 15 is 0 Å². The van der Waals surface area contributed by atoms with Gasteiger partial charge in [-0.05, 0) is 18.9 Å². The number of rotatable bonds is 3. The molecule has 1 unspecified atom stereocenters. The minimum absolute atomic E-state index is 0.302. The topological polar surface area (TPSA) is 80.5 Å². The van der Waals surface area contributed by atoms with E-state index in [1.165, 1.54) is 0 Å². The van der Waals surface area contributed by atoms with Crippen LogP contribution in [0.25, 0.3) is 0 Å². The highest BCUT2D eigenvalue weighted by Gasteiger charge is 2.26. The van der Waals surface area contributed by atoms with Gasteiger partial charge in [0.25, 0.3) is 0 Å². The summed E-state index contributed by atoms with van der Waals surface area (Å²) < 4.78 is 21.8. The highest BCUT2D eigenvalue weighted by Crippen LogP contribution is 2.14. The number of amides is 1. The molecule has 0 saturated carbocycles. The molecule has 0 aliphatic carbocycles. The van der Waals surface area contributed by atoms with Crippen molar-refractivity contribution in [1.82, 2.24) is 4.90 Å². The van der Waals surface area contributed by atoms with Gasteiger partial charge in [0.2, 0.25) is 5.91 Å². The highest BCUT2D eigenvalue weighted by molar-refractivity contribution is 7.91. The average molecular weight is 220 g/mol. The van der Waals surface area contributed by atoms with Gasteiger partial charge in [-0.15, -0.1) is 0 Å². The Morgan fingerprint density at radius 3 is 2.64 bits per heavy atom. The molecule has 1 saturated heterocycles. The minimum Gasteiger partial charge on any atom is -0.341 e. The lowest BCUT2D eigenvalue weighted by Gasteiger charge is -2.15. The molecule has 1 amide bonds. The Kier molecular flexibility index (Phi) is 3.49. The van der Waals surface area contributed by atoms with Crippen molar-refractivity contribution in [3.8, 4) is 0 Å². The normalized spacial score (nSPS) is 22.7. The van der Waals surface area contributed by atoms with Crippen LogP contribution in [0.5, 0.6) is 0 Å². The molecule has 1 rings (SSSR count). The third-order valence-electron chi connectivity index (χ3n) is 2.36. The van der Waals surface area contributed by atoms with Gasteiger partial charge in [-0.3, -0.25) is 4.79 Å². The summed E-state index contributed by atoms with van der Waals surface area (Å²) in [5, 5.41) is 0. The van der Waals surface area contributed by atoms with Crippen molar-refractivity contribution in [2.45, 2.75) is 6.42 Å². The standard InChI is InChI=1S/C8H16N2O3S/c1-14(12,13)6-8(11)10-3-2-7(4-9)5-10/h7H,2-6,9H2,1H3. The lowest BCUT2D eigenvalue weighted by Crippen LogP contribution is -2.34. The first-order chi connectivity index (χ1) is 6.42. The van der Waals surface area contributed by atoms with Crippen LogP contribution >= 0.6 is 0 Å².